The Labute approximate surface area is 98.9 Å². The molecule has 0 aliphatic heterocycles. The summed E-state index contributed by atoms with van der Waals surface area (Å²) in [5.74, 6) is 1.59. The Kier molecular flexibility index (Phi) is 2.39. The van der Waals surface area contributed by atoms with Crippen molar-refractivity contribution in [3.8, 4) is 0 Å². The first-order valence-electron chi connectivity index (χ1n) is 6.06. The molecule has 0 saturated carbocycles. The molecule has 0 amide bonds. The highest BCUT2D eigenvalue weighted by atomic mass is 16.1. The van der Waals surface area contributed by atoms with Crippen molar-refractivity contribution in [2.75, 3.05) is 0 Å². The fourth-order valence-corrected chi connectivity index (χ4v) is 2.20. The first-order chi connectivity index (χ1) is 8.28. The Morgan fingerprint density at radius 1 is 1.35 bits per heavy atom. The van der Waals surface area contributed by atoms with Crippen molar-refractivity contribution in [1.82, 2.24) is 19.6 Å². The van der Waals surface area contributed by atoms with E-state index in [0.29, 0.717) is 12.2 Å². The molecule has 2 heterocycles. The summed E-state index contributed by atoms with van der Waals surface area (Å²) in [5.41, 5.74) is 1.60. The molecule has 1 aliphatic carbocycles. The van der Waals surface area contributed by atoms with Crippen molar-refractivity contribution in [3.63, 3.8) is 0 Å². The second-order valence-electron chi connectivity index (χ2n) is 4.40. The SMILES string of the molecule is CCCc1nc2nc3c(cn2n1)C(=O)CCC3. The van der Waals surface area contributed by atoms with Crippen LogP contribution in [0.4, 0.5) is 0 Å². The second-order valence-corrected chi connectivity index (χ2v) is 4.40. The summed E-state index contributed by atoms with van der Waals surface area (Å²) in [6.07, 6.45) is 6.03. The number of rotatable bonds is 2. The molecule has 3 rings (SSSR count). The highest BCUT2D eigenvalue weighted by Crippen LogP contribution is 2.19. The number of carbonyl (C=O) groups is 1. The van der Waals surface area contributed by atoms with Crippen LogP contribution in [0.3, 0.4) is 0 Å². The third-order valence-corrected chi connectivity index (χ3v) is 3.05. The molecule has 0 bridgehead atoms. The van der Waals surface area contributed by atoms with Gasteiger partial charge in [-0.3, -0.25) is 4.79 Å². The molecule has 88 valence electrons. The van der Waals surface area contributed by atoms with Crippen LogP contribution in [0.2, 0.25) is 0 Å². The van der Waals surface area contributed by atoms with Crippen LogP contribution < -0.4 is 0 Å². The van der Waals surface area contributed by atoms with Gasteiger partial charge in [0, 0.05) is 19.0 Å². The van der Waals surface area contributed by atoms with E-state index in [9.17, 15) is 4.79 Å². The second kappa shape index (κ2) is 3.91. The molecule has 5 nitrogen and oxygen atoms in total. The molecule has 2 aromatic rings. The number of ketones is 1. The van der Waals surface area contributed by atoms with Gasteiger partial charge in [-0.15, -0.1) is 5.10 Å². The number of hydrogen-bond donors (Lipinski definition) is 0. The molecule has 0 N–H and O–H groups in total. The molecule has 0 atom stereocenters. The average molecular weight is 230 g/mol. The number of Topliss-reactive ketones (excluding diaryl/α,β-unsaturated/α-hetero) is 1. The number of carbonyl (C=O) groups excluding carboxylic acids is 1. The summed E-state index contributed by atoms with van der Waals surface area (Å²) < 4.78 is 1.63. The highest BCUT2D eigenvalue weighted by Gasteiger charge is 2.20. The summed E-state index contributed by atoms with van der Waals surface area (Å²) in [7, 11) is 0. The minimum atomic E-state index is 0.174. The largest absolute Gasteiger partial charge is 0.294 e. The summed E-state index contributed by atoms with van der Waals surface area (Å²) in [6.45, 7) is 2.09. The molecule has 2 aromatic heterocycles. The van der Waals surface area contributed by atoms with Crippen molar-refractivity contribution < 1.29 is 4.79 Å². The van der Waals surface area contributed by atoms with E-state index >= 15 is 0 Å². The van der Waals surface area contributed by atoms with Crippen LogP contribution in [0.25, 0.3) is 5.78 Å². The maximum Gasteiger partial charge on any atom is 0.252 e. The van der Waals surface area contributed by atoms with E-state index in [1.165, 1.54) is 0 Å². The lowest BCUT2D eigenvalue weighted by atomic mass is 9.96. The highest BCUT2D eigenvalue weighted by molar-refractivity contribution is 5.97. The normalized spacial score (nSPS) is 15.2. The standard InChI is InChI=1S/C12H14N4O/c1-2-4-11-14-12-13-9-5-3-6-10(17)8(9)7-16(12)15-11/h7H,2-6H2,1H3. The van der Waals surface area contributed by atoms with Gasteiger partial charge in [0.2, 0.25) is 0 Å². The topological polar surface area (TPSA) is 60.1 Å². The Hall–Kier alpha value is -1.78. The number of aromatic nitrogens is 4. The van der Waals surface area contributed by atoms with Crippen LogP contribution in [0.1, 0.15) is 48.1 Å². The smallest absolute Gasteiger partial charge is 0.252 e. The average Bonchev–Trinajstić information content (AvgIpc) is 2.69. The van der Waals surface area contributed by atoms with Gasteiger partial charge in [0.25, 0.3) is 5.78 Å². The Balaban J connectivity index is 2.14. The molecule has 17 heavy (non-hydrogen) atoms. The lowest BCUT2D eigenvalue weighted by Gasteiger charge is -2.12. The first kappa shape index (κ1) is 10.4. The third-order valence-electron chi connectivity index (χ3n) is 3.05. The van der Waals surface area contributed by atoms with Crippen LogP contribution in [-0.4, -0.2) is 25.4 Å². The number of nitrogens with zero attached hydrogens (tertiary/aromatic N) is 4. The minimum Gasteiger partial charge on any atom is -0.294 e. The maximum atomic E-state index is 11.8. The number of aryl methyl sites for hydroxylation is 2. The summed E-state index contributed by atoms with van der Waals surface area (Å²) >= 11 is 0. The molecule has 0 spiro atoms. The Bertz CT molecular complexity index is 587. The van der Waals surface area contributed by atoms with Crippen LogP contribution >= 0.6 is 0 Å². The van der Waals surface area contributed by atoms with Crippen molar-refractivity contribution in [2.24, 2.45) is 0 Å². The van der Waals surface area contributed by atoms with Gasteiger partial charge in [0.15, 0.2) is 11.6 Å². The molecule has 0 aromatic carbocycles. The predicted molar refractivity (Wildman–Crippen MR) is 62.0 cm³/mol. The van der Waals surface area contributed by atoms with Crippen LogP contribution in [0, 0.1) is 0 Å². The minimum absolute atomic E-state index is 0.174. The van der Waals surface area contributed by atoms with Crippen LogP contribution in [0.15, 0.2) is 6.20 Å². The van der Waals surface area contributed by atoms with E-state index in [1.807, 2.05) is 0 Å². The quantitative estimate of drug-likeness (QED) is 0.786. The molecule has 0 unspecified atom stereocenters. The van der Waals surface area contributed by atoms with Crippen molar-refractivity contribution in [2.45, 2.75) is 39.0 Å². The Morgan fingerprint density at radius 3 is 3.06 bits per heavy atom. The zero-order valence-corrected chi connectivity index (χ0v) is 9.81. The van der Waals surface area contributed by atoms with Crippen LogP contribution in [-0.2, 0) is 12.8 Å². The van der Waals surface area contributed by atoms with E-state index in [1.54, 1.807) is 10.7 Å². The lowest BCUT2D eigenvalue weighted by Crippen LogP contribution is -2.14. The maximum absolute atomic E-state index is 11.8. The predicted octanol–water partition coefficient (Wildman–Crippen LogP) is 1.60. The molecular formula is C12H14N4O. The molecule has 5 heteroatoms. The van der Waals surface area contributed by atoms with E-state index in [2.05, 4.69) is 22.0 Å². The third kappa shape index (κ3) is 1.71. The van der Waals surface area contributed by atoms with Crippen molar-refractivity contribution in [1.29, 1.82) is 0 Å². The molecule has 0 radical (unpaired) electrons. The molecule has 1 aliphatic rings. The summed E-state index contributed by atoms with van der Waals surface area (Å²) in [6, 6.07) is 0. The lowest BCUT2D eigenvalue weighted by molar-refractivity contribution is 0.0971. The fourth-order valence-electron chi connectivity index (χ4n) is 2.20. The Morgan fingerprint density at radius 2 is 2.24 bits per heavy atom. The number of hydrogen-bond acceptors (Lipinski definition) is 4. The summed E-state index contributed by atoms with van der Waals surface area (Å²) in [5, 5.41) is 4.34. The van der Waals surface area contributed by atoms with Gasteiger partial charge >= 0.3 is 0 Å². The zero-order valence-electron chi connectivity index (χ0n) is 9.81. The number of fused-ring (bicyclic) bond motifs is 2. The monoisotopic (exact) mass is 230 g/mol. The zero-order chi connectivity index (χ0) is 11.8. The molecular weight excluding hydrogens is 216 g/mol. The van der Waals surface area contributed by atoms with E-state index in [0.717, 1.165) is 42.8 Å². The van der Waals surface area contributed by atoms with Gasteiger partial charge in [-0.1, -0.05) is 6.92 Å². The van der Waals surface area contributed by atoms with Crippen molar-refractivity contribution in [3.05, 3.63) is 23.3 Å². The first-order valence-corrected chi connectivity index (χ1v) is 6.06. The fraction of sp³-hybridized carbons (Fsp3) is 0.500. The van der Waals surface area contributed by atoms with E-state index in [-0.39, 0.29) is 5.78 Å². The van der Waals surface area contributed by atoms with Gasteiger partial charge in [-0.2, -0.15) is 4.98 Å². The van der Waals surface area contributed by atoms with Gasteiger partial charge < -0.3 is 0 Å². The summed E-state index contributed by atoms with van der Waals surface area (Å²) in [4.78, 5) is 20.6. The molecule has 0 fully saturated rings. The van der Waals surface area contributed by atoms with Gasteiger partial charge in [-0.05, 0) is 19.3 Å². The van der Waals surface area contributed by atoms with Crippen molar-refractivity contribution >= 4 is 11.6 Å². The van der Waals surface area contributed by atoms with Gasteiger partial charge in [0.05, 0.1) is 11.3 Å². The van der Waals surface area contributed by atoms with Crippen LogP contribution in [0.5, 0.6) is 0 Å². The van der Waals surface area contributed by atoms with Gasteiger partial charge in [0.1, 0.15) is 0 Å². The molecule has 0 saturated heterocycles. The van der Waals surface area contributed by atoms with Gasteiger partial charge in [-0.25, -0.2) is 9.50 Å². The van der Waals surface area contributed by atoms with E-state index in [4.69, 9.17) is 0 Å². The van der Waals surface area contributed by atoms with E-state index < -0.39 is 0 Å².